The number of nitrogens with zero attached hydrogens (tertiary/aromatic N) is 2. The molecule has 0 atom stereocenters. The van der Waals surface area contributed by atoms with Gasteiger partial charge in [-0.25, -0.2) is 4.98 Å². The molecule has 3 aromatic rings. The molecule has 1 aromatic heterocycles. The number of likely N-dealkylation sites (N-methyl/N-ethyl adjacent to an activating group) is 1. The highest BCUT2D eigenvalue weighted by Gasteiger charge is 2.17. The molecule has 0 fully saturated rings. The van der Waals surface area contributed by atoms with Gasteiger partial charge in [-0.15, -0.1) is 0 Å². The Morgan fingerprint density at radius 2 is 1.86 bits per heavy atom. The highest BCUT2D eigenvalue weighted by atomic mass is 16.7. The van der Waals surface area contributed by atoms with Crippen molar-refractivity contribution in [2.24, 2.45) is 0 Å². The van der Waals surface area contributed by atoms with Crippen LogP contribution in [0.4, 0.5) is 0 Å². The van der Waals surface area contributed by atoms with Gasteiger partial charge in [0, 0.05) is 24.0 Å². The zero-order valence-corrected chi connectivity index (χ0v) is 16.8. The maximum atomic E-state index is 13.0. The maximum Gasteiger partial charge on any atom is 0.252 e. The lowest BCUT2D eigenvalue weighted by Crippen LogP contribution is -2.34. The Bertz CT molecular complexity index is 1030. The minimum absolute atomic E-state index is 0.0854. The molecule has 0 aliphatic carbocycles. The fraction of sp³-hybridized carbons (Fsp3) is 0.304. The molecular formula is C23H25N3O3. The highest BCUT2D eigenvalue weighted by Crippen LogP contribution is 2.36. The van der Waals surface area contributed by atoms with E-state index in [1.54, 1.807) is 0 Å². The molecule has 4 rings (SSSR count). The first kappa shape index (κ1) is 19.2. The van der Waals surface area contributed by atoms with Crippen LogP contribution in [0, 0.1) is 0 Å². The van der Waals surface area contributed by atoms with Crippen molar-refractivity contribution in [3.8, 4) is 22.8 Å². The predicted octanol–water partition coefficient (Wildman–Crippen LogP) is 3.70. The van der Waals surface area contributed by atoms with Crippen molar-refractivity contribution in [3.63, 3.8) is 0 Å². The molecule has 0 saturated carbocycles. The molecule has 1 aliphatic heterocycles. The van der Waals surface area contributed by atoms with Crippen molar-refractivity contribution >= 4 is 16.8 Å². The van der Waals surface area contributed by atoms with E-state index < -0.39 is 0 Å². The Morgan fingerprint density at radius 3 is 2.69 bits per heavy atom. The summed E-state index contributed by atoms with van der Waals surface area (Å²) in [6.45, 7) is 7.85. The number of hydrogen-bond acceptors (Lipinski definition) is 5. The molecule has 6 nitrogen and oxygen atoms in total. The third kappa shape index (κ3) is 4.03. The quantitative estimate of drug-likeness (QED) is 0.665. The van der Waals surface area contributed by atoms with Gasteiger partial charge in [0.05, 0.1) is 16.8 Å². The minimum Gasteiger partial charge on any atom is -0.454 e. The number of nitrogens with one attached hydrogen (secondary N) is 1. The van der Waals surface area contributed by atoms with Crippen LogP contribution in [-0.4, -0.2) is 48.8 Å². The number of hydrogen-bond donors (Lipinski definition) is 1. The van der Waals surface area contributed by atoms with Crippen LogP contribution in [-0.2, 0) is 0 Å². The first-order valence-electron chi connectivity index (χ1n) is 10.00. The van der Waals surface area contributed by atoms with Gasteiger partial charge in [0.15, 0.2) is 11.5 Å². The first-order valence-corrected chi connectivity index (χ1v) is 10.00. The van der Waals surface area contributed by atoms with Crippen molar-refractivity contribution in [3.05, 3.63) is 54.1 Å². The number of carbonyl (C=O) groups is 1. The summed E-state index contributed by atoms with van der Waals surface area (Å²) in [4.78, 5) is 20.0. The van der Waals surface area contributed by atoms with Crippen LogP contribution in [0.25, 0.3) is 22.2 Å². The van der Waals surface area contributed by atoms with E-state index >= 15 is 0 Å². The second kappa shape index (κ2) is 8.49. The van der Waals surface area contributed by atoms with E-state index in [-0.39, 0.29) is 12.7 Å². The number of pyridine rings is 1. The molecule has 2 aromatic carbocycles. The lowest BCUT2D eigenvalue weighted by molar-refractivity contribution is 0.0950. The monoisotopic (exact) mass is 391 g/mol. The number of para-hydroxylation sites is 1. The van der Waals surface area contributed by atoms with E-state index in [4.69, 9.17) is 14.5 Å². The van der Waals surface area contributed by atoms with Crippen LogP contribution in [0.5, 0.6) is 11.5 Å². The Balaban J connectivity index is 1.65. The highest BCUT2D eigenvalue weighted by molar-refractivity contribution is 6.07. The molecule has 1 aliphatic rings. The summed E-state index contributed by atoms with van der Waals surface area (Å²) in [6.07, 6.45) is 0. The van der Waals surface area contributed by atoms with Gasteiger partial charge in [0.2, 0.25) is 6.79 Å². The maximum absolute atomic E-state index is 13.0. The summed E-state index contributed by atoms with van der Waals surface area (Å²) >= 11 is 0. The lowest BCUT2D eigenvalue weighted by atomic mass is 10.0. The molecule has 29 heavy (non-hydrogen) atoms. The van der Waals surface area contributed by atoms with E-state index in [2.05, 4.69) is 24.1 Å². The van der Waals surface area contributed by atoms with Crippen molar-refractivity contribution in [2.75, 3.05) is 33.0 Å². The molecule has 0 bridgehead atoms. The zero-order chi connectivity index (χ0) is 20.2. The first-order chi connectivity index (χ1) is 14.2. The van der Waals surface area contributed by atoms with E-state index in [0.717, 1.165) is 47.5 Å². The fourth-order valence-corrected chi connectivity index (χ4v) is 3.53. The summed E-state index contributed by atoms with van der Waals surface area (Å²) in [5.41, 5.74) is 3.03. The largest absolute Gasteiger partial charge is 0.454 e. The molecule has 0 radical (unpaired) electrons. The molecule has 6 heteroatoms. The zero-order valence-electron chi connectivity index (χ0n) is 16.8. The van der Waals surface area contributed by atoms with E-state index in [0.29, 0.717) is 17.9 Å². The Kier molecular flexibility index (Phi) is 5.62. The summed E-state index contributed by atoms with van der Waals surface area (Å²) in [7, 11) is 0. The number of fused-ring (bicyclic) bond motifs is 2. The van der Waals surface area contributed by atoms with Crippen LogP contribution in [0.2, 0.25) is 0 Å². The van der Waals surface area contributed by atoms with Crippen LogP contribution in [0.15, 0.2) is 48.5 Å². The number of aromatic nitrogens is 1. The molecule has 1 N–H and O–H groups in total. The van der Waals surface area contributed by atoms with E-state index in [1.807, 2.05) is 48.5 Å². The van der Waals surface area contributed by atoms with Gasteiger partial charge in [-0.2, -0.15) is 0 Å². The summed E-state index contributed by atoms with van der Waals surface area (Å²) in [5.74, 6) is 1.34. The number of rotatable bonds is 7. The molecule has 0 unspecified atom stereocenters. The van der Waals surface area contributed by atoms with E-state index in [9.17, 15) is 4.79 Å². The van der Waals surface area contributed by atoms with Crippen LogP contribution in [0.3, 0.4) is 0 Å². The van der Waals surface area contributed by atoms with E-state index in [1.165, 1.54) is 0 Å². The van der Waals surface area contributed by atoms with Gasteiger partial charge in [0.25, 0.3) is 5.91 Å². The SMILES string of the molecule is CCN(CC)CCNC(=O)c1cc(-c2ccc3c(c2)OCO3)nc2ccccc12. The molecule has 0 spiro atoms. The summed E-state index contributed by atoms with van der Waals surface area (Å²) < 4.78 is 10.9. The van der Waals surface area contributed by atoms with Gasteiger partial charge in [-0.3, -0.25) is 4.79 Å². The minimum atomic E-state index is -0.0854. The molecule has 0 saturated heterocycles. The average Bonchev–Trinajstić information content (AvgIpc) is 3.23. The lowest BCUT2D eigenvalue weighted by Gasteiger charge is -2.18. The standard InChI is InChI=1S/C23H25N3O3/c1-3-26(4-2)12-11-24-23(27)18-14-20(25-19-8-6-5-7-17(18)19)16-9-10-21-22(13-16)29-15-28-21/h5-10,13-14H,3-4,11-12,15H2,1-2H3,(H,24,27). The van der Waals surface area contributed by atoms with Crippen LogP contribution in [0.1, 0.15) is 24.2 Å². The Hall–Kier alpha value is -3.12. The van der Waals surface area contributed by atoms with Gasteiger partial charge < -0.3 is 19.7 Å². The number of ether oxygens (including phenoxy) is 2. The van der Waals surface area contributed by atoms with Gasteiger partial charge in [0.1, 0.15) is 0 Å². The second-order valence-corrected chi connectivity index (χ2v) is 6.92. The Labute approximate surface area is 170 Å². The normalized spacial score (nSPS) is 12.5. The smallest absolute Gasteiger partial charge is 0.252 e. The van der Waals surface area contributed by atoms with Gasteiger partial charge in [-0.05, 0) is 43.4 Å². The molecule has 150 valence electrons. The number of benzene rings is 2. The Morgan fingerprint density at radius 1 is 1.07 bits per heavy atom. The average molecular weight is 391 g/mol. The summed E-state index contributed by atoms with van der Waals surface area (Å²) in [5, 5.41) is 3.90. The third-order valence-corrected chi connectivity index (χ3v) is 5.24. The second-order valence-electron chi connectivity index (χ2n) is 6.92. The van der Waals surface area contributed by atoms with Crippen molar-refractivity contribution in [1.29, 1.82) is 0 Å². The number of carbonyl (C=O) groups excluding carboxylic acids is 1. The van der Waals surface area contributed by atoms with Gasteiger partial charge in [-0.1, -0.05) is 32.0 Å². The van der Waals surface area contributed by atoms with Gasteiger partial charge >= 0.3 is 0 Å². The van der Waals surface area contributed by atoms with Crippen molar-refractivity contribution in [2.45, 2.75) is 13.8 Å². The van der Waals surface area contributed by atoms with Crippen molar-refractivity contribution < 1.29 is 14.3 Å². The molecule has 2 heterocycles. The molecular weight excluding hydrogens is 366 g/mol. The van der Waals surface area contributed by atoms with Crippen LogP contribution < -0.4 is 14.8 Å². The topological polar surface area (TPSA) is 63.7 Å². The predicted molar refractivity (Wildman–Crippen MR) is 113 cm³/mol. The molecule has 1 amide bonds. The number of amides is 1. The fourth-order valence-electron chi connectivity index (χ4n) is 3.53. The summed E-state index contributed by atoms with van der Waals surface area (Å²) in [6, 6.07) is 15.3. The van der Waals surface area contributed by atoms with Crippen molar-refractivity contribution in [1.82, 2.24) is 15.2 Å². The van der Waals surface area contributed by atoms with Crippen LogP contribution >= 0.6 is 0 Å². The third-order valence-electron chi connectivity index (χ3n) is 5.24.